The van der Waals surface area contributed by atoms with Crippen LogP contribution in [0.25, 0.3) is 6.08 Å². The maximum atomic E-state index is 11.8. The Kier molecular flexibility index (Phi) is 5.11. The van der Waals surface area contributed by atoms with Gasteiger partial charge in [0.1, 0.15) is 5.75 Å². The monoisotopic (exact) mass is 302 g/mol. The summed E-state index contributed by atoms with van der Waals surface area (Å²) in [7, 11) is 1.55. The second-order valence-corrected chi connectivity index (χ2v) is 5.00. The van der Waals surface area contributed by atoms with Crippen LogP contribution in [-0.2, 0) is 4.79 Å². The molecule has 0 saturated heterocycles. The van der Waals surface area contributed by atoms with Gasteiger partial charge < -0.3 is 4.74 Å². The number of nitrogens with one attached hydrogen (secondary N) is 2. The van der Waals surface area contributed by atoms with Gasteiger partial charge in [-0.3, -0.25) is 20.4 Å². The molecule has 0 atom stereocenters. The normalized spacial score (nSPS) is 10.3. The Hall–Kier alpha value is -2.60. The first-order valence-corrected chi connectivity index (χ1v) is 7.03. The molecule has 2 N–H and O–H groups in total. The fourth-order valence-electron chi connectivity index (χ4n) is 1.52. The van der Waals surface area contributed by atoms with Crippen LogP contribution in [-0.4, -0.2) is 18.9 Å². The smallest absolute Gasteiger partial charge is 0.269 e. The van der Waals surface area contributed by atoms with Gasteiger partial charge in [0.25, 0.3) is 11.8 Å². The van der Waals surface area contributed by atoms with Crippen LogP contribution >= 0.6 is 11.3 Å². The molecule has 5 nitrogen and oxygen atoms in total. The Morgan fingerprint density at radius 3 is 2.52 bits per heavy atom. The maximum Gasteiger partial charge on any atom is 0.269 e. The minimum Gasteiger partial charge on any atom is -0.497 e. The van der Waals surface area contributed by atoms with Crippen LogP contribution < -0.4 is 15.6 Å². The van der Waals surface area contributed by atoms with Crippen molar-refractivity contribution in [1.82, 2.24) is 10.9 Å². The Morgan fingerprint density at radius 1 is 1.14 bits per heavy atom. The first-order valence-electron chi connectivity index (χ1n) is 6.15. The average molecular weight is 302 g/mol. The molecule has 1 aromatic heterocycles. The van der Waals surface area contributed by atoms with E-state index in [1.807, 2.05) is 17.5 Å². The molecule has 6 heteroatoms. The minimum atomic E-state index is -0.398. The Labute approximate surface area is 126 Å². The zero-order chi connectivity index (χ0) is 15.1. The standard InChI is InChI=1S/C15H14N2O3S/c1-20-12-6-4-11(5-7-12)15(19)17-16-14(18)9-8-13-3-2-10-21-13/h2-10H,1H3,(H,16,18)(H,17,19)/b9-8+. The number of amides is 2. The molecule has 1 aromatic carbocycles. The third-order valence-electron chi connectivity index (χ3n) is 2.59. The van der Waals surface area contributed by atoms with Crippen LogP contribution in [0, 0.1) is 0 Å². The van der Waals surface area contributed by atoms with Crippen LogP contribution in [0.5, 0.6) is 5.75 Å². The van der Waals surface area contributed by atoms with Gasteiger partial charge in [0.2, 0.25) is 0 Å². The van der Waals surface area contributed by atoms with Gasteiger partial charge in [0.05, 0.1) is 7.11 Å². The molecule has 108 valence electrons. The van der Waals surface area contributed by atoms with Gasteiger partial charge in [0.15, 0.2) is 0 Å². The van der Waals surface area contributed by atoms with E-state index in [1.54, 1.807) is 37.5 Å². The predicted molar refractivity (Wildman–Crippen MR) is 82.0 cm³/mol. The van der Waals surface area contributed by atoms with Crippen molar-refractivity contribution >= 4 is 29.2 Å². The molecule has 2 rings (SSSR count). The van der Waals surface area contributed by atoms with Gasteiger partial charge in [-0.25, -0.2) is 0 Å². The quantitative estimate of drug-likeness (QED) is 0.672. The number of carbonyl (C=O) groups is 2. The summed E-state index contributed by atoms with van der Waals surface area (Å²) < 4.78 is 5.00. The zero-order valence-electron chi connectivity index (χ0n) is 11.3. The summed E-state index contributed by atoms with van der Waals surface area (Å²) in [5.74, 6) is -0.129. The van der Waals surface area contributed by atoms with Gasteiger partial charge in [0, 0.05) is 16.5 Å². The Morgan fingerprint density at radius 2 is 1.90 bits per heavy atom. The van der Waals surface area contributed by atoms with E-state index in [2.05, 4.69) is 10.9 Å². The average Bonchev–Trinajstić information content (AvgIpc) is 3.04. The van der Waals surface area contributed by atoms with Crippen LogP contribution in [0.4, 0.5) is 0 Å². The molecule has 0 fully saturated rings. The van der Waals surface area contributed by atoms with Gasteiger partial charge >= 0.3 is 0 Å². The zero-order valence-corrected chi connectivity index (χ0v) is 12.1. The van der Waals surface area contributed by atoms with E-state index in [0.717, 1.165) is 4.88 Å². The van der Waals surface area contributed by atoms with Crippen molar-refractivity contribution in [2.75, 3.05) is 7.11 Å². The van der Waals surface area contributed by atoms with Gasteiger partial charge in [-0.15, -0.1) is 11.3 Å². The van der Waals surface area contributed by atoms with Gasteiger partial charge in [-0.2, -0.15) is 0 Å². The van der Waals surface area contributed by atoms with E-state index in [-0.39, 0.29) is 0 Å². The van der Waals surface area contributed by atoms with Crippen LogP contribution in [0.2, 0.25) is 0 Å². The second-order valence-electron chi connectivity index (χ2n) is 4.02. The fraction of sp³-hybridized carbons (Fsp3) is 0.0667. The molecule has 0 bridgehead atoms. The fourth-order valence-corrected chi connectivity index (χ4v) is 2.14. The molecular weight excluding hydrogens is 288 g/mol. The molecule has 0 radical (unpaired) electrons. The summed E-state index contributed by atoms with van der Waals surface area (Å²) >= 11 is 1.52. The highest BCUT2D eigenvalue weighted by Crippen LogP contribution is 2.11. The number of methoxy groups -OCH3 is 1. The molecule has 2 amide bonds. The van der Waals surface area contributed by atoms with E-state index in [1.165, 1.54) is 17.4 Å². The van der Waals surface area contributed by atoms with Crippen molar-refractivity contribution < 1.29 is 14.3 Å². The van der Waals surface area contributed by atoms with Crippen LogP contribution in [0.1, 0.15) is 15.2 Å². The van der Waals surface area contributed by atoms with Crippen molar-refractivity contribution in [3.63, 3.8) is 0 Å². The van der Waals surface area contributed by atoms with Crippen LogP contribution in [0.15, 0.2) is 47.9 Å². The summed E-state index contributed by atoms with van der Waals surface area (Å²) in [6, 6.07) is 10.4. The molecule has 0 unspecified atom stereocenters. The second kappa shape index (κ2) is 7.25. The number of hydrogen-bond acceptors (Lipinski definition) is 4. The lowest BCUT2D eigenvalue weighted by Gasteiger charge is -2.06. The number of benzene rings is 1. The topological polar surface area (TPSA) is 67.4 Å². The van der Waals surface area contributed by atoms with E-state index >= 15 is 0 Å². The number of rotatable bonds is 4. The lowest BCUT2D eigenvalue weighted by molar-refractivity contribution is -0.117. The van der Waals surface area contributed by atoms with Crippen molar-refractivity contribution in [1.29, 1.82) is 0 Å². The lowest BCUT2D eigenvalue weighted by atomic mass is 10.2. The van der Waals surface area contributed by atoms with Crippen molar-refractivity contribution in [2.45, 2.75) is 0 Å². The number of ether oxygens (including phenoxy) is 1. The largest absolute Gasteiger partial charge is 0.497 e. The first-order chi connectivity index (χ1) is 10.2. The molecule has 0 spiro atoms. The first kappa shape index (κ1) is 14.8. The summed E-state index contributed by atoms with van der Waals surface area (Å²) in [5.41, 5.74) is 5.09. The highest BCUT2D eigenvalue weighted by atomic mass is 32.1. The maximum absolute atomic E-state index is 11.8. The van der Waals surface area contributed by atoms with Crippen molar-refractivity contribution in [3.8, 4) is 5.75 Å². The molecule has 0 aliphatic heterocycles. The third kappa shape index (κ3) is 4.47. The summed E-state index contributed by atoms with van der Waals surface area (Å²) in [5, 5.41) is 1.92. The molecule has 21 heavy (non-hydrogen) atoms. The third-order valence-corrected chi connectivity index (χ3v) is 3.43. The summed E-state index contributed by atoms with van der Waals surface area (Å²) in [6.45, 7) is 0. The van der Waals surface area contributed by atoms with Gasteiger partial charge in [-0.1, -0.05) is 6.07 Å². The van der Waals surface area contributed by atoms with Gasteiger partial charge in [-0.05, 0) is 41.8 Å². The SMILES string of the molecule is COc1ccc(C(=O)NNC(=O)/C=C/c2cccs2)cc1. The van der Waals surface area contributed by atoms with Crippen LogP contribution in [0.3, 0.4) is 0 Å². The summed E-state index contributed by atoms with van der Waals surface area (Å²) in [4.78, 5) is 24.3. The Bertz CT molecular complexity index is 633. The Balaban J connectivity index is 1.84. The van der Waals surface area contributed by atoms with E-state index in [0.29, 0.717) is 11.3 Å². The van der Waals surface area contributed by atoms with E-state index < -0.39 is 11.8 Å². The number of thiophene rings is 1. The molecule has 0 aliphatic carbocycles. The van der Waals surface area contributed by atoms with Crippen molar-refractivity contribution in [3.05, 3.63) is 58.3 Å². The molecule has 0 aliphatic rings. The molecule has 0 saturated carbocycles. The summed E-state index contributed by atoms with van der Waals surface area (Å²) in [6.07, 6.45) is 3.04. The van der Waals surface area contributed by atoms with E-state index in [9.17, 15) is 9.59 Å². The molecule has 2 aromatic rings. The number of hydrogen-bond donors (Lipinski definition) is 2. The number of hydrazine groups is 1. The highest BCUT2D eigenvalue weighted by molar-refractivity contribution is 7.10. The lowest BCUT2D eigenvalue weighted by Crippen LogP contribution is -2.40. The minimum absolute atomic E-state index is 0.393. The number of carbonyl (C=O) groups excluding carboxylic acids is 2. The highest BCUT2D eigenvalue weighted by Gasteiger charge is 2.05. The predicted octanol–water partition coefficient (Wildman–Crippen LogP) is 2.23. The van der Waals surface area contributed by atoms with E-state index in [4.69, 9.17) is 4.74 Å². The molecular formula is C15H14N2O3S. The van der Waals surface area contributed by atoms with Crippen molar-refractivity contribution in [2.24, 2.45) is 0 Å². The molecule has 1 heterocycles.